The molecule has 0 radical (unpaired) electrons. The highest BCUT2D eigenvalue weighted by Crippen LogP contribution is 2.24. The van der Waals surface area contributed by atoms with Gasteiger partial charge in [0.25, 0.3) is 0 Å². The number of hydrogen-bond acceptors (Lipinski definition) is 4. The van der Waals surface area contributed by atoms with Crippen LogP contribution in [0.25, 0.3) is 0 Å². The molecule has 0 N–H and O–H groups in total. The number of hydrogen-bond donors (Lipinski definition) is 0. The summed E-state index contributed by atoms with van der Waals surface area (Å²) in [5, 5.41) is 0. The molecule has 26 heavy (non-hydrogen) atoms. The molecule has 1 aromatic carbocycles. The zero-order valence-corrected chi connectivity index (χ0v) is 16.2. The molecule has 0 unspecified atom stereocenters. The van der Waals surface area contributed by atoms with E-state index in [2.05, 4.69) is 35.6 Å². The van der Waals surface area contributed by atoms with Gasteiger partial charge in [0.1, 0.15) is 5.82 Å². The van der Waals surface area contributed by atoms with E-state index in [-0.39, 0.29) is 17.1 Å². The summed E-state index contributed by atoms with van der Waals surface area (Å²) in [5.74, 6) is 0.0309. The summed E-state index contributed by atoms with van der Waals surface area (Å²) in [7, 11) is 2.15. The molecular formula is C20H31FN4O. The molecule has 144 valence electrons. The van der Waals surface area contributed by atoms with E-state index in [4.69, 9.17) is 0 Å². The van der Waals surface area contributed by atoms with Gasteiger partial charge < -0.3 is 14.7 Å². The normalized spacial score (nSPS) is 20.5. The Morgan fingerprint density at radius 3 is 2.12 bits per heavy atom. The number of nitrogens with zero attached hydrogens (tertiary/aromatic N) is 4. The van der Waals surface area contributed by atoms with Crippen LogP contribution in [0.5, 0.6) is 0 Å². The van der Waals surface area contributed by atoms with Crippen LogP contribution in [0.15, 0.2) is 24.3 Å². The first-order chi connectivity index (χ1) is 12.3. The van der Waals surface area contributed by atoms with Crippen molar-refractivity contribution in [3.63, 3.8) is 0 Å². The Hall–Kier alpha value is -1.66. The van der Waals surface area contributed by atoms with Crippen LogP contribution in [0.3, 0.4) is 0 Å². The number of rotatable bonds is 4. The fourth-order valence-electron chi connectivity index (χ4n) is 3.88. The van der Waals surface area contributed by atoms with E-state index in [1.165, 1.54) is 12.1 Å². The summed E-state index contributed by atoms with van der Waals surface area (Å²) in [6.07, 6.45) is 0. The predicted molar refractivity (Wildman–Crippen MR) is 103 cm³/mol. The van der Waals surface area contributed by atoms with Crippen LogP contribution in [0, 0.1) is 11.2 Å². The Bertz CT molecular complexity index is 603. The van der Waals surface area contributed by atoms with Crippen LogP contribution in [-0.4, -0.2) is 86.6 Å². The quantitative estimate of drug-likeness (QED) is 0.816. The summed E-state index contributed by atoms with van der Waals surface area (Å²) >= 11 is 0. The molecule has 2 aliphatic heterocycles. The van der Waals surface area contributed by atoms with E-state index in [1.54, 1.807) is 0 Å². The van der Waals surface area contributed by atoms with Crippen molar-refractivity contribution in [1.82, 2.24) is 14.7 Å². The van der Waals surface area contributed by atoms with E-state index in [0.29, 0.717) is 0 Å². The van der Waals surface area contributed by atoms with Crippen molar-refractivity contribution in [2.75, 3.05) is 70.9 Å². The molecule has 2 aliphatic rings. The average molecular weight is 362 g/mol. The molecule has 1 amide bonds. The summed E-state index contributed by atoms with van der Waals surface area (Å²) < 4.78 is 13.1. The first-order valence-corrected chi connectivity index (χ1v) is 9.56. The number of halogens is 1. The second-order valence-corrected chi connectivity index (χ2v) is 8.22. The van der Waals surface area contributed by atoms with Crippen molar-refractivity contribution in [3.8, 4) is 0 Å². The van der Waals surface area contributed by atoms with E-state index in [9.17, 15) is 9.18 Å². The first-order valence-electron chi connectivity index (χ1n) is 9.56. The van der Waals surface area contributed by atoms with Crippen molar-refractivity contribution >= 4 is 11.6 Å². The van der Waals surface area contributed by atoms with Gasteiger partial charge in [-0.05, 0) is 45.2 Å². The van der Waals surface area contributed by atoms with Crippen molar-refractivity contribution in [1.29, 1.82) is 0 Å². The number of piperazine rings is 2. The molecule has 1 aromatic rings. The average Bonchev–Trinajstić information content (AvgIpc) is 2.64. The minimum absolute atomic E-state index is 0.215. The largest absolute Gasteiger partial charge is 0.368 e. The highest BCUT2D eigenvalue weighted by atomic mass is 19.1. The Morgan fingerprint density at radius 2 is 1.54 bits per heavy atom. The maximum atomic E-state index is 13.1. The van der Waals surface area contributed by atoms with Gasteiger partial charge in [-0.3, -0.25) is 9.69 Å². The fraction of sp³-hybridized carbons (Fsp3) is 0.650. The van der Waals surface area contributed by atoms with Gasteiger partial charge in [-0.15, -0.1) is 0 Å². The van der Waals surface area contributed by atoms with Gasteiger partial charge in [0, 0.05) is 64.6 Å². The SMILES string of the molecule is CN1CCN(CC(C)(C)C(=O)N2CCN(c3ccc(F)cc3)CC2)CC1. The van der Waals surface area contributed by atoms with Gasteiger partial charge in [0.05, 0.1) is 5.41 Å². The first kappa shape index (κ1) is 19.1. The number of carbonyl (C=O) groups excluding carboxylic acids is 1. The van der Waals surface area contributed by atoms with Crippen LogP contribution in [0.4, 0.5) is 10.1 Å². The lowest BCUT2D eigenvalue weighted by atomic mass is 9.90. The van der Waals surface area contributed by atoms with Crippen LogP contribution >= 0.6 is 0 Å². The molecule has 0 bridgehead atoms. The lowest BCUT2D eigenvalue weighted by Gasteiger charge is -2.42. The topological polar surface area (TPSA) is 30.0 Å². The number of anilines is 1. The minimum atomic E-state index is -0.367. The summed E-state index contributed by atoms with van der Waals surface area (Å²) in [6.45, 7) is 12.2. The number of carbonyl (C=O) groups is 1. The predicted octanol–water partition coefficient (Wildman–Crippen LogP) is 1.75. The van der Waals surface area contributed by atoms with Gasteiger partial charge in [-0.2, -0.15) is 0 Å². The lowest BCUT2D eigenvalue weighted by molar-refractivity contribution is -0.142. The Labute approximate surface area is 156 Å². The van der Waals surface area contributed by atoms with Crippen LogP contribution in [0.1, 0.15) is 13.8 Å². The third-order valence-electron chi connectivity index (χ3n) is 5.55. The van der Waals surface area contributed by atoms with Crippen LogP contribution < -0.4 is 4.90 Å². The van der Waals surface area contributed by atoms with Gasteiger partial charge in [0.2, 0.25) is 5.91 Å². The van der Waals surface area contributed by atoms with Crippen molar-refractivity contribution in [3.05, 3.63) is 30.1 Å². The van der Waals surface area contributed by atoms with Crippen LogP contribution in [-0.2, 0) is 4.79 Å². The maximum absolute atomic E-state index is 13.1. The standard InChI is InChI=1S/C20H31FN4O/c1-20(2,16-23-10-8-22(3)9-11-23)19(26)25-14-12-24(13-15-25)18-6-4-17(21)5-7-18/h4-7H,8-16H2,1-3H3. The molecule has 0 atom stereocenters. The summed E-state index contributed by atoms with van der Waals surface area (Å²) in [5.41, 5.74) is 0.656. The molecule has 5 nitrogen and oxygen atoms in total. The van der Waals surface area contributed by atoms with Gasteiger partial charge in [0.15, 0.2) is 0 Å². The molecule has 0 saturated carbocycles. The third kappa shape index (κ3) is 4.54. The molecule has 0 aromatic heterocycles. The second-order valence-electron chi connectivity index (χ2n) is 8.22. The maximum Gasteiger partial charge on any atom is 0.229 e. The zero-order valence-electron chi connectivity index (χ0n) is 16.2. The molecule has 2 fully saturated rings. The third-order valence-corrected chi connectivity index (χ3v) is 5.55. The minimum Gasteiger partial charge on any atom is -0.368 e. The Morgan fingerprint density at radius 1 is 0.962 bits per heavy atom. The van der Waals surface area contributed by atoms with Gasteiger partial charge in [-0.1, -0.05) is 0 Å². The van der Waals surface area contributed by atoms with E-state index in [0.717, 1.165) is 64.6 Å². The molecule has 2 saturated heterocycles. The number of likely N-dealkylation sites (N-methyl/N-ethyl adjacent to an activating group) is 1. The van der Waals surface area contributed by atoms with Gasteiger partial charge in [-0.25, -0.2) is 4.39 Å². The highest BCUT2D eigenvalue weighted by molar-refractivity contribution is 5.82. The summed E-state index contributed by atoms with van der Waals surface area (Å²) in [4.78, 5) is 22.0. The molecule has 0 spiro atoms. The smallest absolute Gasteiger partial charge is 0.229 e. The van der Waals surface area contributed by atoms with Crippen molar-refractivity contribution in [2.24, 2.45) is 5.41 Å². The van der Waals surface area contributed by atoms with Crippen molar-refractivity contribution in [2.45, 2.75) is 13.8 Å². The Balaban J connectivity index is 1.52. The second kappa shape index (κ2) is 7.92. The van der Waals surface area contributed by atoms with Crippen LogP contribution in [0.2, 0.25) is 0 Å². The van der Waals surface area contributed by atoms with E-state index >= 15 is 0 Å². The molecular weight excluding hydrogens is 331 g/mol. The lowest BCUT2D eigenvalue weighted by Crippen LogP contribution is -2.55. The number of benzene rings is 1. The van der Waals surface area contributed by atoms with E-state index in [1.807, 2.05) is 17.0 Å². The monoisotopic (exact) mass is 362 g/mol. The zero-order chi connectivity index (χ0) is 18.7. The number of amides is 1. The highest BCUT2D eigenvalue weighted by Gasteiger charge is 2.35. The molecule has 2 heterocycles. The van der Waals surface area contributed by atoms with Gasteiger partial charge >= 0.3 is 0 Å². The Kier molecular flexibility index (Phi) is 5.82. The molecule has 6 heteroatoms. The van der Waals surface area contributed by atoms with Crippen molar-refractivity contribution < 1.29 is 9.18 Å². The van der Waals surface area contributed by atoms with E-state index < -0.39 is 0 Å². The molecule has 3 rings (SSSR count). The summed E-state index contributed by atoms with van der Waals surface area (Å²) in [6, 6.07) is 6.60. The fourth-order valence-corrected chi connectivity index (χ4v) is 3.88. The molecule has 0 aliphatic carbocycles.